The smallest absolute Gasteiger partial charge is 0.326 e. The molecule has 0 saturated carbocycles. The van der Waals surface area contributed by atoms with E-state index in [1.54, 1.807) is 59.4 Å². The van der Waals surface area contributed by atoms with Crippen molar-refractivity contribution in [2.75, 3.05) is 50.6 Å². The minimum Gasteiger partial charge on any atom is -0.497 e. The number of piperazine rings is 1. The summed E-state index contributed by atoms with van der Waals surface area (Å²) >= 11 is 18.9. The number of carbonyl (C=O) groups is 2. The van der Waals surface area contributed by atoms with Gasteiger partial charge in [-0.15, -0.1) is 0 Å². The van der Waals surface area contributed by atoms with Crippen molar-refractivity contribution in [2.45, 2.75) is 45.2 Å². The molecule has 0 aliphatic carbocycles. The summed E-state index contributed by atoms with van der Waals surface area (Å²) in [5.41, 5.74) is 5.36. The molecule has 8 aromatic rings. The summed E-state index contributed by atoms with van der Waals surface area (Å²) in [6.07, 6.45) is 2.55. The lowest BCUT2D eigenvalue weighted by molar-refractivity contribution is -0.123. The van der Waals surface area contributed by atoms with Gasteiger partial charge in [0.25, 0.3) is 0 Å². The molecule has 1 fully saturated rings. The van der Waals surface area contributed by atoms with Crippen molar-refractivity contribution in [3.63, 3.8) is 0 Å². The Hall–Kier alpha value is -7.74. The van der Waals surface area contributed by atoms with Gasteiger partial charge in [-0.2, -0.15) is 0 Å². The number of benzene rings is 6. The molecule has 2 atom stereocenters. The number of amides is 3. The highest BCUT2D eigenvalue weighted by Gasteiger charge is 2.45. The van der Waals surface area contributed by atoms with Crippen LogP contribution >= 0.6 is 34.8 Å². The van der Waals surface area contributed by atoms with E-state index >= 15 is 0 Å². The number of carbonyl (C=O) groups excluding carboxylic acids is 2. The Bertz CT molecular complexity index is 3660. The number of amidine groups is 1. The first-order chi connectivity index (χ1) is 38.5. The van der Waals surface area contributed by atoms with Gasteiger partial charge in [0.05, 0.1) is 47.7 Å². The molecule has 2 aliphatic heterocycles. The highest BCUT2D eigenvalue weighted by atomic mass is 35.5. The molecule has 0 spiro atoms. The predicted octanol–water partition coefficient (Wildman–Crippen LogP) is 12.0. The van der Waals surface area contributed by atoms with Crippen molar-refractivity contribution in [2.24, 2.45) is 4.99 Å². The average Bonchev–Trinajstić information content (AvgIpc) is 4.08. The van der Waals surface area contributed by atoms with Crippen LogP contribution in [-0.2, 0) is 27.8 Å². The van der Waals surface area contributed by atoms with Crippen molar-refractivity contribution < 1.29 is 41.0 Å². The fraction of sp³-hybridized carbons (Fsp3) is 0.237. The molecule has 16 nitrogen and oxygen atoms in total. The Morgan fingerprint density at radius 1 is 0.875 bits per heavy atom. The third-order valence-electron chi connectivity index (χ3n) is 12.8. The summed E-state index contributed by atoms with van der Waals surface area (Å²) < 4.78 is 59.4. The van der Waals surface area contributed by atoms with Gasteiger partial charge in [0.15, 0.2) is 0 Å². The minimum absolute atomic E-state index is 0.0421. The Morgan fingerprint density at radius 2 is 1.64 bits per heavy atom. The minimum atomic E-state index is -3.02. The standard InChI is InChI=1S/C30H30Cl2N4O4.C29H26ClFN4O4S/c1-18(2)40-25-16-23(39-3)12-13-24(25)29-34-27(19-4-8-21(31)9-5-19)28(20-6-10-22(32)11-7-20)36(29)30(38)35-15-14-33-26(37)17-35;1-40(36,37)12-11-32-16-23-7-10-27(39-23)20-5-8-26-24(14-20)29(34-18-33-26)35-22-6-9-28(25(30)15-22)38-17-19-3-2-4-21(31)13-19/h4-13,16,18,27-28H,14-15,17H2,1-3H3,(H,33,37);2-10,13-15,18,32H,11-12,16-17H2,1H3,(H,33,34,35)/t27-,28+;/m1./s1. The van der Waals surface area contributed by atoms with E-state index in [0.717, 1.165) is 27.6 Å². The number of nitrogens with zero attached hydrogens (tertiary/aromatic N) is 5. The number of halogens is 4. The molecule has 1 saturated heterocycles. The lowest BCUT2D eigenvalue weighted by Crippen LogP contribution is -2.55. The molecular weight excluding hydrogens is 1110 g/mol. The van der Waals surface area contributed by atoms with Crippen molar-refractivity contribution in [1.82, 2.24) is 30.4 Å². The second kappa shape index (κ2) is 25.6. The summed E-state index contributed by atoms with van der Waals surface area (Å²) in [5.74, 6) is 3.56. The van der Waals surface area contributed by atoms with Gasteiger partial charge in [0.2, 0.25) is 5.91 Å². The number of hydrogen-bond acceptors (Lipinski definition) is 13. The molecule has 0 radical (unpaired) electrons. The Balaban J connectivity index is 0.000000194. The van der Waals surface area contributed by atoms with Crippen LogP contribution in [0.3, 0.4) is 0 Å². The van der Waals surface area contributed by atoms with Crippen molar-refractivity contribution in [1.29, 1.82) is 0 Å². The molecular formula is C59H56Cl3FN8O8S. The van der Waals surface area contributed by atoms with Crippen LogP contribution < -0.4 is 30.2 Å². The fourth-order valence-corrected chi connectivity index (χ4v) is 10.0. The van der Waals surface area contributed by atoms with Crippen LogP contribution in [0.1, 0.15) is 53.9 Å². The number of ether oxygens (including phenoxy) is 3. The van der Waals surface area contributed by atoms with Crippen LogP contribution in [0.15, 0.2) is 155 Å². The first-order valence-electron chi connectivity index (χ1n) is 25.4. The van der Waals surface area contributed by atoms with Gasteiger partial charge >= 0.3 is 6.03 Å². The van der Waals surface area contributed by atoms with Crippen molar-refractivity contribution >= 4 is 84.8 Å². The summed E-state index contributed by atoms with van der Waals surface area (Å²) in [7, 11) is -1.43. The number of hydrogen-bond donors (Lipinski definition) is 3. The van der Waals surface area contributed by atoms with Crippen LogP contribution in [0, 0.1) is 5.82 Å². The molecule has 414 valence electrons. The molecule has 21 heteroatoms. The summed E-state index contributed by atoms with van der Waals surface area (Å²) in [4.78, 5) is 43.8. The zero-order valence-corrected chi connectivity index (χ0v) is 47.0. The average molecular weight is 1160 g/mol. The van der Waals surface area contributed by atoms with E-state index in [9.17, 15) is 22.4 Å². The predicted molar refractivity (Wildman–Crippen MR) is 310 cm³/mol. The Kier molecular flexibility index (Phi) is 18.2. The van der Waals surface area contributed by atoms with Gasteiger partial charge in [-0.3, -0.25) is 14.7 Å². The molecule has 0 unspecified atom stereocenters. The molecule has 10 rings (SSSR count). The largest absolute Gasteiger partial charge is 0.497 e. The summed E-state index contributed by atoms with van der Waals surface area (Å²) in [6.45, 7) is 5.54. The lowest BCUT2D eigenvalue weighted by Gasteiger charge is -2.36. The number of urea groups is 1. The van der Waals surface area contributed by atoms with Crippen LogP contribution in [0.25, 0.3) is 22.2 Å². The summed E-state index contributed by atoms with van der Waals surface area (Å²) in [6, 6.07) is 40.0. The van der Waals surface area contributed by atoms with Gasteiger partial charge in [0.1, 0.15) is 81.6 Å². The molecule has 4 heterocycles. The van der Waals surface area contributed by atoms with Gasteiger partial charge in [-0.25, -0.2) is 27.6 Å². The molecule has 2 aromatic heterocycles. The highest BCUT2D eigenvalue weighted by Crippen LogP contribution is 2.46. The third-order valence-corrected chi connectivity index (χ3v) is 14.6. The summed E-state index contributed by atoms with van der Waals surface area (Å²) in [5, 5.41) is 11.5. The molecule has 6 aromatic carbocycles. The molecule has 0 bridgehead atoms. The molecule has 80 heavy (non-hydrogen) atoms. The van der Waals surface area contributed by atoms with Gasteiger partial charge in [-0.05, 0) is 128 Å². The lowest BCUT2D eigenvalue weighted by atomic mass is 9.93. The number of methoxy groups -OCH3 is 1. The number of rotatable bonds is 17. The number of sulfone groups is 1. The molecule has 3 N–H and O–H groups in total. The Labute approximate surface area is 477 Å². The molecule has 2 aliphatic rings. The normalized spacial score (nSPS) is 15.3. The van der Waals surface area contributed by atoms with E-state index in [2.05, 4.69) is 25.9 Å². The first-order valence-corrected chi connectivity index (χ1v) is 28.6. The van der Waals surface area contributed by atoms with Gasteiger partial charge < -0.3 is 39.5 Å². The third kappa shape index (κ3) is 14.3. The number of furan rings is 1. The van der Waals surface area contributed by atoms with E-state index in [1.807, 2.05) is 98.8 Å². The van der Waals surface area contributed by atoms with E-state index in [4.69, 9.17) is 58.4 Å². The fourth-order valence-electron chi connectivity index (χ4n) is 9.00. The SMILES string of the molecule is COc1ccc(C2=N[C@H](c3ccc(Cl)cc3)[C@H](c3ccc(Cl)cc3)N2C(=O)N2CCNC(=O)C2)c(OC(C)C)c1.CS(=O)(=O)CCNCc1ccc(-c2ccc3ncnc(Nc4ccc(OCc5cccc(F)c5)c(Cl)c4)c3c2)o1. The maximum atomic E-state index is 14.3. The van der Waals surface area contributed by atoms with E-state index in [0.29, 0.717) is 98.5 Å². The van der Waals surface area contributed by atoms with Gasteiger partial charge in [0, 0.05) is 58.6 Å². The van der Waals surface area contributed by atoms with E-state index in [-0.39, 0.29) is 42.8 Å². The molecule has 3 amide bonds. The zero-order chi connectivity index (χ0) is 56.5. The number of fused-ring (bicyclic) bond motifs is 1. The Morgan fingerprint density at radius 3 is 2.34 bits per heavy atom. The van der Waals surface area contributed by atoms with E-state index in [1.165, 1.54) is 24.7 Å². The van der Waals surface area contributed by atoms with Crippen LogP contribution in [0.5, 0.6) is 17.2 Å². The maximum Gasteiger partial charge on any atom is 0.326 e. The van der Waals surface area contributed by atoms with Crippen molar-refractivity contribution in [3.05, 3.63) is 195 Å². The second-order valence-electron chi connectivity index (χ2n) is 19.1. The maximum absolute atomic E-state index is 14.3. The zero-order valence-electron chi connectivity index (χ0n) is 44.0. The topological polar surface area (TPSA) is 190 Å². The van der Waals surface area contributed by atoms with Gasteiger partial charge in [-0.1, -0.05) is 71.2 Å². The van der Waals surface area contributed by atoms with Crippen LogP contribution in [0.4, 0.5) is 20.7 Å². The van der Waals surface area contributed by atoms with Crippen LogP contribution in [-0.4, -0.2) is 97.4 Å². The van der Waals surface area contributed by atoms with E-state index < -0.39 is 21.9 Å². The quantitative estimate of drug-likeness (QED) is 0.0733. The first kappa shape index (κ1) is 57.0. The number of aliphatic imine (C=N–C) groups is 1. The number of anilines is 2. The number of aromatic nitrogens is 2. The second-order valence-corrected chi connectivity index (χ2v) is 22.7. The van der Waals surface area contributed by atoms with Crippen LogP contribution in [0.2, 0.25) is 15.1 Å². The van der Waals surface area contributed by atoms with Crippen molar-refractivity contribution in [3.8, 4) is 28.6 Å². The number of nitrogens with one attached hydrogen (secondary N) is 3. The monoisotopic (exact) mass is 1160 g/mol. The highest BCUT2D eigenvalue weighted by molar-refractivity contribution is 7.90.